The van der Waals surface area contributed by atoms with Crippen LogP contribution in [0.2, 0.25) is 0 Å². The predicted molar refractivity (Wildman–Crippen MR) is 57.4 cm³/mol. The Balaban J connectivity index is 1.87. The summed E-state index contributed by atoms with van der Waals surface area (Å²) in [4.78, 5) is 0. The standard InChI is InChI=1S/C12H17NO/c1-10-8-13-12(9-14-10)7-11-5-3-2-4-6-11/h2-6,10,12-13H,7-9H2,1H3/t10-,12-/m0/s1. The SMILES string of the molecule is C[C@H]1CN[C@@H](Cc2ccccc2)CO1. The van der Waals surface area contributed by atoms with Crippen molar-refractivity contribution in [3.63, 3.8) is 0 Å². The maximum atomic E-state index is 5.60. The van der Waals surface area contributed by atoms with E-state index in [2.05, 4.69) is 42.6 Å². The van der Waals surface area contributed by atoms with E-state index < -0.39 is 0 Å². The molecule has 0 radical (unpaired) electrons. The van der Waals surface area contributed by atoms with Gasteiger partial charge in [-0.3, -0.25) is 0 Å². The van der Waals surface area contributed by atoms with Crippen LogP contribution in [0.5, 0.6) is 0 Å². The molecule has 1 aliphatic rings. The molecule has 2 nitrogen and oxygen atoms in total. The Bertz CT molecular complexity index is 265. The van der Waals surface area contributed by atoms with Crippen LogP contribution in [0.15, 0.2) is 30.3 Å². The number of benzene rings is 1. The zero-order chi connectivity index (χ0) is 9.80. The van der Waals surface area contributed by atoms with Crippen molar-refractivity contribution in [3.05, 3.63) is 35.9 Å². The lowest BCUT2D eigenvalue weighted by Crippen LogP contribution is -2.46. The first-order valence-electron chi connectivity index (χ1n) is 5.23. The molecule has 0 unspecified atom stereocenters. The van der Waals surface area contributed by atoms with Crippen LogP contribution in [0.1, 0.15) is 12.5 Å². The molecule has 0 amide bonds. The Labute approximate surface area is 85.3 Å². The molecule has 1 saturated heterocycles. The molecule has 1 fully saturated rings. The first-order chi connectivity index (χ1) is 6.84. The van der Waals surface area contributed by atoms with E-state index >= 15 is 0 Å². The highest BCUT2D eigenvalue weighted by molar-refractivity contribution is 5.16. The number of hydrogen-bond donors (Lipinski definition) is 1. The van der Waals surface area contributed by atoms with Crippen molar-refractivity contribution in [2.75, 3.05) is 13.2 Å². The third-order valence-corrected chi connectivity index (χ3v) is 2.60. The fourth-order valence-corrected chi connectivity index (χ4v) is 1.76. The van der Waals surface area contributed by atoms with Gasteiger partial charge in [-0.1, -0.05) is 30.3 Å². The van der Waals surface area contributed by atoms with Crippen LogP contribution in [-0.4, -0.2) is 25.3 Å². The summed E-state index contributed by atoms with van der Waals surface area (Å²) >= 11 is 0. The second-order valence-electron chi connectivity index (χ2n) is 3.94. The van der Waals surface area contributed by atoms with E-state index in [0.717, 1.165) is 19.6 Å². The fourth-order valence-electron chi connectivity index (χ4n) is 1.76. The molecule has 1 heterocycles. The second kappa shape index (κ2) is 4.58. The van der Waals surface area contributed by atoms with Crippen molar-refractivity contribution in [1.82, 2.24) is 5.32 Å². The zero-order valence-corrected chi connectivity index (χ0v) is 8.57. The summed E-state index contributed by atoms with van der Waals surface area (Å²) in [5, 5.41) is 3.49. The maximum Gasteiger partial charge on any atom is 0.0672 e. The Kier molecular flexibility index (Phi) is 3.17. The molecule has 0 spiro atoms. The second-order valence-corrected chi connectivity index (χ2v) is 3.94. The van der Waals surface area contributed by atoms with Crippen molar-refractivity contribution >= 4 is 0 Å². The quantitative estimate of drug-likeness (QED) is 0.766. The molecule has 2 rings (SSSR count). The molecule has 2 heteroatoms. The molecule has 0 saturated carbocycles. The minimum Gasteiger partial charge on any atom is -0.376 e. The third-order valence-electron chi connectivity index (χ3n) is 2.60. The number of morpholine rings is 1. The van der Waals surface area contributed by atoms with Crippen LogP contribution in [0.25, 0.3) is 0 Å². The molecule has 1 aromatic rings. The lowest BCUT2D eigenvalue weighted by molar-refractivity contribution is 0.0155. The van der Waals surface area contributed by atoms with E-state index in [9.17, 15) is 0 Å². The number of nitrogens with one attached hydrogen (secondary N) is 1. The van der Waals surface area contributed by atoms with Gasteiger partial charge in [-0.05, 0) is 18.9 Å². The van der Waals surface area contributed by atoms with Crippen LogP contribution in [0.4, 0.5) is 0 Å². The highest BCUT2D eigenvalue weighted by Crippen LogP contribution is 2.07. The van der Waals surface area contributed by atoms with Gasteiger partial charge in [-0.15, -0.1) is 0 Å². The maximum absolute atomic E-state index is 5.60. The van der Waals surface area contributed by atoms with Crippen LogP contribution in [0, 0.1) is 0 Å². The van der Waals surface area contributed by atoms with E-state index in [-0.39, 0.29) is 0 Å². The normalized spacial score (nSPS) is 27.5. The van der Waals surface area contributed by atoms with Gasteiger partial charge >= 0.3 is 0 Å². The van der Waals surface area contributed by atoms with Gasteiger partial charge in [0.05, 0.1) is 12.7 Å². The van der Waals surface area contributed by atoms with E-state index in [1.807, 2.05) is 0 Å². The summed E-state index contributed by atoms with van der Waals surface area (Å²) in [5.41, 5.74) is 1.38. The molecule has 0 bridgehead atoms. The summed E-state index contributed by atoms with van der Waals surface area (Å²) < 4.78 is 5.60. The molecule has 14 heavy (non-hydrogen) atoms. The number of ether oxygens (including phenoxy) is 1. The highest BCUT2D eigenvalue weighted by atomic mass is 16.5. The summed E-state index contributed by atoms with van der Waals surface area (Å²) in [5.74, 6) is 0. The van der Waals surface area contributed by atoms with Crippen molar-refractivity contribution < 1.29 is 4.74 Å². The number of hydrogen-bond acceptors (Lipinski definition) is 2. The summed E-state index contributed by atoms with van der Waals surface area (Å²) in [6.07, 6.45) is 1.43. The van der Waals surface area contributed by atoms with Gasteiger partial charge in [0.2, 0.25) is 0 Å². The predicted octanol–water partition coefficient (Wildman–Crippen LogP) is 1.61. The Hall–Kier alpha value is -0.860. The molecular weight excluding hydrogens is 174 g/mol. The Morgan fingerprint density at radius 2 is 2.14 bits per heavy atom. The van der Waals surface area contributed by atoms with Gasteiger partial charge in [0, 0.05) is 12.6 Å². The Morgan fingerprint density at radius 3 is 2.79 bits per heavy atom. The van der Waals surface area contributed by atoms with Crippen molar-refractivity contribution in [2.45, 2.75) is 25.5 Å². The van der Waals surface area contributed by atoms with E-state index in [4.69, 9.17) is 4.74 Å². The van der Waals surface area contributed by atoms with Gasteiger partial charge in [-0.2, -0.15) is 0 Å². The van der Waals surface area contributed by atoms with Gasteiger partial charge in [0.1, 0.15) is 0 Å². The van der Waals surface area contributed by atoms with Crippen molar-refractivity contribution in [1.29, 1.82) is 0 Å². The van der Waals surface area contributed by atoms with Crippen LogP contribution in [0.3, 0.4) is 0 Å². The van der Waals surface area contributed by atoms with E-state index in [1.165, 1.54) is 5.56 Å². The van der Waals surface area contributed by atoms with Crippen LogP contribution < -0.4 is 5.32 Å². The van der Waals surface area contributed by atoms with Crippen molar-refractivity contribution in [2.24, 2.45) is 0 Å². The molecule has 2 atom stereocenters. The first-order valence-corrected chi connectivity index (χ1v) is 5.23. The molecule has 76 valence electrons. The monoisotopic (exact) mass is 191 g/mol. The topological polar surface area (TPSA) is 21.3 Å². The van der Waals surface area contributed by atoms with E-state index in [0.29, 0.717) is 12.1 Å². The number of rotatable bonds is 2. The van der Waals surface area contributed by atoms with Crippen LogP contribution in [-0.2, 0) is 11.2 Å². The zero-order valence-electron chi connectivity index (χ0n) is 8.57. The summed E-state index contributed by atoms with van der Waals surface area (Å²) in [6.45, 7) is 3.90. The minimum absolute atomic E-state index is 0.363. The molecule has 1 aromatic carbocycles. The average Bonchev–Trinajstić information content (AvgIpc) is 2.23. The molecule has 0 aliphatic carbocycles. The van der Waals surface area contributed by atoms with Crippen LogP contribution >= 0.6 is 0 Å². The van der Waals surface area contributed by atoms with Gasteiger partial charge in [0.25, 0.3) is 0 Å². The molecule has 0 aromatic heterocycles. The van der Waals surface area contributed by atoms with Gasteiger partial charge in [0.15, 0.2) is 0 Å². The average molecular weight is 191 g/mol. The lowest BCUT2D eigenvalue weighted by Gasteiger charge is -2.28. The molecule has 1 aliphatic heterocycles. The van der Waals surface area contributed by atoms with Gasteiger partial charge in [-0.25, -0.2) is 0 Å². The Morgan fingerprint density at radius 1 is 1.36 bits per heavy atom. The molecule has 1 N–H and O–H groups in total. The fraction of sp³-hybridized carbons (Fsp3) is 0.500. The minimum atomic E-state index is 0.363. The van der Waals surface area contributed by atoms with E-state index in [1.54, 1.807) is 0 Å². The third kappa shape index (κ3) is 2.56. The first kappa shape index (κ1) is 9.69. The van der Waals surface area contributed by atoms with Crippen molar-refractivity contribution in [3.8, 4) is 0 Å². The lowest BCUT2D eigenvalue weighted by atomic mass is 10.1. The smallest absolute Gasteiger partial charge is 0.0672 e. The summed E-state index contributed by atoms with van der Waals surface area (Å²) in [7, 11) is 0. The van der Waals surface area contributed by atoms with Gasteiger partial charge < -0.3 is 10.1 Å². The highest BCUT2D eigenvalue weighted by Gasteiger charge is 2.17. The summed E-state index contributed by atoms with van der Waals surface area (Å²) in [6, 6.07) is 11.0. The largest absolute Gasteiger partial charge is 0.376 e. The molecular formula is C12H17NO.